The normalized spacial score (nSPS) is 11.7. The molecule has 102 valence electrons. The summed E-state index contributed by atoms with van der Waals surface area (Å²) in [5.41, 5.74) is 1.36. The van der Waals surface area contributed by atoms with E-state index in [2.05, 4.69) is 14.9 Å². The van der Waals surface area contributed by atoms with E-state index in [1.165, 1.54) is 18.3 Å². The highest BCUT2D eigenvalue weighted by Gasteiger charge is 2.19. The van der Waals surface area contributed by atoms with Gasteiger partial charge in [0.1, 0.15) is 15.8 Å². The van der Waals surface area contributed by atoms with E-state index < -0.39 is 10.0 Å². The Labute approximate surface area is 115 Å². The number of hydrogen-bond acceptors (Lipinski definition) is 5. The van der Waals surface area contributed by atoms with E-state index >= 15 is 0 Å². The van der Waals surface area contributed by atoms with E-state index in [1.807, 2.05) is 0 Å². The smallest absolute Gasteiger partial charge is 0.243 e. The van der Waals surface area contributed by atoms with Crippen molar-refractivity contribution >= 4 is 21.6 Å². The molecule has 19 heavy (non-hydrogen) atoms. The summed E-state index contributed by atoms with van der Waals surface area (Å²) in [5, 5.41) is 3.70. The number of rotatable bonds is 4. The Morgan fingerprint density at radius 3 is 2.74 bits per heavy atom. The number of aryl methyl sites for hydroxylation is 2. The van der Waals surface area contributed by atoms with Gasteiger partial charge in [0.15, 0.2) is 0 Å². The summed E-state index contributed by atoms with van der Waals surface area (Å²) in [6.07, 6.45) is 1.43. The van der Waals surface area contributed by atoms with Crippen LogP contribution in [-0.2, 0) is 16.6 Å². The van der Waals surface area contributed by atoms with E-state index in [0.29, 0.717) is 17.0 Å². The third-order valence-corrected chi connectivity index (χ3v) is 4.48. The van der Waals surface area contributed by atoms with Crippen molar-refractivity contribution in [3.8, 4) is 0 Å². The standard InChI is InChI=1S/C11H12ClN3O3S/c1-7-9(8(2)18-15-7)6-14-19(16,17)10-4-3-5-13-11(10)12/h3-5,14H,6H2,1-2H3. The molecule has 0 aliphatic carbocycles. The van der Waals surface area contributed by atoms with Crippen molar-refractivity contribution in [3.63, 3.8) is 0 Å². The largest absolute Gasteiger partial charge is 0.361 e. The number of sulfonamides is 1. The van der Waals surface area contributed by atoms with Gasteiger partial charge >= 0.3 is 0 Å². The number of nitrogens with one attached hydrogen (secondary N) is 1. The van der Waals surface area contributed by atoms with Crippen molar-refractivity contribution in [2.45, 2.75) is 25.3 Å². The summed E-state index contributed by atoms with van der Waals surface area (Å²) in [7, 11) is -3.71. The molecular formula is C11H12ClN3O3S. The molecule has 1 N–H and O–H groups in total. The van der Waals surface area contributed by atoms with Crippen molar-refractivity contribution in [2.24, 2.45) is 0 Å². The number of halogens is 1. The van der Waals surface area contributed by atoms with Gasteiger partial charge in [-0.1, -0.05) is 16.8 Å². The van der Waals surface area contributed by atoms with E-state index in [1.54, 1.807) is 13.8 Å². The number of aromatic nitrogens is 2. The highest BCUT2D eigenvalue weighted by Crippen LogP contribution is 2.19. The summed E-state index contributed by atoms with van der Waals surface area (Å²) in [4.78, 5) is 3.69. The van der Waals surface area contributed by atoms with Crippen molar-refractivity contribution in [1.82, 2.24) is 14.9 Å². The maximum absolute atomic E-state index is 12.1. The molecule has 0 aromatic carbocycles. The lowest BCUT2D eigenvalue weighted by molar-refractivity contribution is 0.392. The number of nitrogens with zero attached hydrogens (tertiary/aromatic N) is 2. The third-order valence-electron chi connectivity index (χ3n) is 2.63. The van der Waals surface area contributed by atoms with Crippen molar-refractivity contribution in [1.29, 1.82) is 0 Å². The van der Waals surface area contributed by atoms with Crippen LogP contribution in [0, 0.1) is 13.8 Å². The lowest BCUT2D eigenvalue weighted by Gasteiger charge is -2.07. The van der Waals surface area contributed by atoms with Crippen LogP contribution in [0.2, 0.25) is 5.15 Å². The van der Waals surface area contributed by atoms with Crippen LogP contribution in [0.3, 0.4) is 0 Å². The molecule has 8 heteroatoms. The number of hydrogen-bond donors (Lipinski definition) is 1. The zero-order valence-electron chi connectivity index (χ0n) is 10.3. The van der Waals surface area contributed by atoms with Gasteiger partial charge in [0.05, 0.1) is 5.69 Å². The van der Waals surface area contributed by atoms with Crippen LogP contribution < -0.4 is 4.72 Å². The molecule has 2 heterocycles. The predicted molar refractivity (Wildman–Crippen MR) is 69.2 cm³/mol. The molecular weight excluding hydrogens is 290 g/mol. The van der Waals surface area contributed by atoms with Gasteiger partial charge in [-0.2, -0.15) is 0 Å². The first-order valence-electron chi connectivity index (χ1n) is 5.44. The Morgan fingerprint density at radius 2 is 2.16 bits per heavy atom. The molecule has 0 aliphatic heterocycles. The first-order valence-corrected chi connectivity index (χ1v) is 7.30. The second-order valence-electron chi connectivity index (χ2n) is 3.92. The Hall–Kier alpha value is -1.44. The molecule has 6 nitrogen and oxygen atoms in total. The van der Waals surface area contributed by atoms with Crippen LogP contribution in [0.25, 0.3) is 0 Å². The first kappa shape index (κ1) is 14.0. The van der Waals surface area contributed by atoms with E-state index in [4.69, 9.17) is 16.1 Å². The molecule has 0 aliphatic rings. The molecule has 0 spiro atoms. The fourth-order valence-electron chi connectivity index (χ4n) is 1.57. The lowest BCUT2D eigenvalue weighted by Crippen LogP contribution is -2.24. The van der Waals surface area contributed by atoms with Gasteiger partial charge in [-0.3, -0.25) is 0 Å². The van der Waals surface area contributed by atoms with Gasteiger partial charge in [-0.05, 0) is 26.0 Å². The zero-order chi connectivity index (χ0) is 14.0. The van der Waals surface area contributed by atoms with E-state index in [-0.39, 0.29) is 16.6 Å². The van der Waals surface area contributed by atoms with Gasteiger partial charge in [0.25, 0.3) is 0 Å². The maximum Gasteiger partial charge on any atom is 0.243 e. The molecule has 0 amide bonds. The minimum Gasteiger partial charge on any atom is -0.361 e. The average Bonchev–Trinajstić information content (AvgIpc) is 2.67. The zero-order valence-corrected chi connectivity index (χ0v) is 11.9. The third kappa shape index (κ3) is 2.94. The Balaban J connectivity index is 2.22. The summed E-state index contributed by atoms with van der Waals surface area (Å²) >= 11 is 5.77. The molecule has 2 rings (SSSR count). The molecule has 0 bridgehead atoms. The quantitative estimate of drug-likeness (QED) is 0.871. The second-order valence-corrected chi connectivity index (χ2v) is 6.01. The lowest BCUT2D eigenvalue weighted by atomic mass is 10.2. The van der Waals surface area contributed by atoms with Gasteiger partial charge in [-0.15, -0.1) is 0 Å². The topological polar surface area (TPSA) is 85.1 Å². The van der Waals surface area contributed by atoms with Gasteiger partial charge < -0.3 is 4.52 Å². The molecule has 0 fully saturated rings. The Bertz CT molecular complexity index is 677. The predicted octanol–water partition coefficient (Wildman–Crippen LogP) is 1.82. The Morgan fingerprint density at radius 1 is 1.42 bits per heavy atom. The fraction of sp³-hybridized carbons (Fsp3) is 0.273. The van der Waals surface area contributed by atoms with Crippen LogP contribution in [0.15, 0.2) is 27.7 Å². The maximum atomic E-state index is 12.1. The van der Waals surface area contributed by atoms with Gasteiger partial charge in [0.2, 0.25) is 10.0 Å². The van der Waals surface area contributed by atoms with Gasteiger partial charge in [0, 0.05) is 18.3 Å². The minimum atomic E-state index is -3.71. The van der Waals surface area contributed by atoms with Crippen LogP contribution in [0.5, 0.6) is 0 Å². The molecule has 0 saturated carbocycles. The van der Waals surface area contributed by atoms with Gasteiger partial charge in [-0.25, -0.2) is 18.1 Å². The fourth-order valence-corrected chi connectivity index (χ4v) is 3.02. The van der Waals surface area contributed by atoms with Crippen LogP contribution in [0.1, 0.15) is 17.0 Å². The van der Waals surface area contributed by atoms with E-state index in [9.17, 15) is 8.42 Å². The monoisotopic (exact) mass is 301 g/mol. The minimum absolute atomic E-state index is 0.0524. The molecule has 0 saturated heterocycles. The van der Waals surface area contributed by atoms with Crippen molar-refractivity contribution in [2.75, 3.05) is 0 Å². The Kier molecular flexibility index (Phi) is 3.88. The molecule has 0 atom stereocenters. The van der Waals surface area contributed by atoms with Crippen LogP contribution >= 0.6 is 11.6 Å². The highest BCUT2D eigenvalue weighted by molar-refractivity contribution is 7.89. The molecule has 2 aromatic rings. The average molecular weight is 302 g/mol. The molecule has 0 radical (unpaired) electrons. The van der Waals surface area contributed by atoms with Crippen LogP contribution in [0.4, 0.5) is 0 Å². The highest BCUT2D eigenvalue weighted by atomic mass is 35.5. The van der Waals surface area contributed by atoms with Crippen molar-refractivity contribution < 1.29 is 12.9 Å². The first-order chi connectivity index (χ1) is 8.92. The van der Waals surface area contributed by atoms with Crippen LogP contribution in [-0.4, -0.2) is 18.6 Å². The summed E-state index contributed by atoms with van der Waals surface area (Å²) in [5.74, 6) is 0.581. The second kappa shape index (κ2) is 5.28. The van der Waals surface area contributed by atoms with Crippen molar-refractivity contribution in [3.05, 3.63) is 40.5 Å². The summed E-state index contributed by atoms with van der Waals surface area (Å²) in [6, 6.07) is 2.90. The van der Waals surface area contributed by atoms with E-state index in [0.717, 1.165) is 0 Å². The number of pyridine rings is 1. The molecule has 2 aromatic heterocycles. The summed E-state index contributed by atoms with van der Waals surface area (Å²) < 4.78 is 31.6. The molecule has 0 unspecified atom stereocenters. The summed E-state index contributed by atoms with van der Waals surface area (Å²) in [6.45, 7) is 3.56. The SMILES string of the molecule is Cc1noc(C)c1CNS(=O)(=O)c1cccnc1Cl.